The molecule has 1 saturated carbocycles. The highest BCUT2D eigenvalue weighted by molar-refractivity contribution is 6.62. The summed E-state index contributed by atoms with van der Waals surface area (Å²) in [6.07, 6.45) is 5.06. The second kappa shape index (κ2) is 12.7. The summed E-state index contributed by atoms with van der Waals surface area (Å²) in [6.45, 7) is 6.64. The first-order valence-corrected chi connectivity index (χ1v) is 16.2. The summed E-state index contributed by atoms with van der Waals surface area (Å²) in [5.41, 5.74) is 2.78. The van der Waals surface area contributed by atoms with Gasteiger partial charge in [-0.05, 0) is 49.4 Å². The maximum absolute atomic E-state index is 15.7. The number of anilines is 2. The lowest BCUT2D eigenvalue weighted by Crippen LogP contribution is -2.47. The zero-order chi connectivity index (χ0) is 31.9. The summed E-state index contributed by atoms with van der Waals surface area (Å²) < 4.78 is 29.1. The molecule has 4 aliphatic rings. The number of ether oxygens (including phenoxy) is 1. The molecule has 3 aromatic rings. The molecular formula is C33H39BFN5O6. The smallest absolute Gasteiger partial charge is 0.494 e. The van der Waals surface area contributed by atoms with E-state index in [0.717, 1.165) is 44.5 Å². The van der Waals surface area contributed by atoms with E-state index in [2.05, 4.69) is 10.2 Å². The van der Waals surface area contributed by atoms with Crippen molar-refractivity contribution in [2.45, 2.75) is 45.3 Å². The summed E-state index contributed by atoms with van der Waals surface area (Å²) in [4.78, 5) is 44.1. The summed E-state index contributed by atoms with van der Waals surface area (Å²) in [6, 6.07) is 9.05. The van der Waals surface area contributed by atoms with Gasteiger partial charge in [-0.15, -0.1) is 0 Å². The Morgan fingerprint density at radius 2 is 1.91 bits per heavy atom. The van der Waals surface area contributed by atoms with E-state index < -0.39 is 12.9 Å². The molecule has 2 aromatic carbocycles. The molecule has 0 radical (unpaired) electrons. The minimum atomic E-state index is -0.944. The molecule has 46 heavy (non-hydrogen) atoms. The van der Waals surface area contributed by atoms with Gasteiger partial charge in [-0.3, -0.25) is 19.3 Å². The molecule has 1 aromatic heterocycles. The Bertz CT molecular complexity index is 1720. The van der Waals surface area contributed by atoms with Crippen LogP contribution in [0.5, 0.6) is 5.75 Å². The number of benzene rings is 2. The number of hydrogen-bond acceptors (Lipinski definition) is 8. The van der Waals surface area contributed by atoms with Crippen LogP contribution in [-0.2, 0) is 20.9 Å². The van der Waals surface area contributed by atoms with Gasteiger partial charge in [-0.25, -0.2) is 4.39 Å². The van der Waals surface area contributed by atoms with Gasteiger partial charge in [0.15, 0.2) is 0 Å². The molecule has 11 nitrogen and oxygen atoms in total. The Morgan fingerprint density at radius 1 is 1.11 bits per heavy atom. The average Bonchev–Trinajstić information content (AvgIpc) is 3.73. The second-order valence-corrected chi connectivity index (χ2v) is 12.7. The molecule has 4 heterocycles. The van der Waals surface area contributed by atoms with Gasteiger partial charge in [0.25, 0.3) is 0 Å². The highest BCUT2D eigenvalue weighted by atomic mass is 19.1. The van der Waals surface area contributed by atoms with Crippen LogP contribution in [0.25, 0.3) is 10.9 Å². The van der Waals surface area contributed by atoms with E-state index in [-0.39, 0.29) is 46.8 Å². The van der Waals surface area contributed by atoms with Crippen molar-refractivity contribution in [1.29, 1.82) is 0 Å². The van der Waals surface area contributed by atoms with Crippen LogP contribution in [0.4, 0.5) is 15.8 Å². The molecule has 2 saturated heterocycles. The Kier molecular flexibility index (Phi) is 8.47. The lowest BCUT2D eigenvalue weighted by atomic mass is 9.79. The van der Waals surface area contributed by atoms with Crippen LogP contribution in [0.2, 0.25) is 0 Å². The number of piperazine rings is 1. The van der Waals surface area contributed by atoms with Crippen LogP contribution in [-0.4, -0.2) is 85.8 Å². The minimum Gasteiger partial charge on any atom is -0.494 e. The number of nitrogens with one attached hydrogen (secondary N) is 1. The van der Waals surface area contributed by atoms with Crippen molar-refractivity contribution in [3.63, 3.8) is 0 Å². The fourth-order valence-electron chi connectivity index (χ4n) is 6.92. The summed E-state index contributed by atoms with van der Waals surface area (Å²) >= 11 is 0. The first-order chi connectivity index (χ1) is 22.3. The number of hydrogen-bond donors (Lipinski definition) is 2. The van der Waals surface area contributed by atoms with Crippen molar-refractivity contribution < 1.29 is 28.4 Å². The molecule has 242 valence electrons. The van der Waals surface area contributed by atoms with Gasteiger partial charge in [0.05, 0.1) is 35.7 Å². The van der Waals surface area contributed by atoms with E-state index in [0.29, 0.717) is 61.7 Å². The summed E-state index contributed by atoms with van der Waals surface area (Å²) in [5, 5.41) is 13.1. The number of carbonyl (C=O) groups excluding carboxylic acids is 2. The number of nitrogens with zero attached hydrogens (tertiary/aromatic N) is 4. The number of rotatable bonds is 10. The van der Waals surface area contributed by atoms with Crippen molar-refractivity contribution in [3.05, 3.63) is 58.1 Å². The summed E-state index contributed by atoms with van der Waals surface area (Å²) in [7, 11) is -0.944. The number of amides is 2. The molecule has 1 atom stereocenters. The molecule has 2 N–H and O–H groups in total. The quantitative estimate of drug-likeness (QED) is 0.257. The monoisotopic (exact) mass is 631 g/mol. The normalized spacial score (nSPS) is 20.1. The van der Waals surface area contributed by atoms with Gasteiger partial charge in [0, 0.05) is 70.4 Å². The average molecular weight is 632 g/mol. The molecule has 0 bridgehead atoms. The van der Waals surface area contributed by atoms with Crippen LogP contribution in [0.1, 0.15) is 44.2 Å². The van der Waals surface area contributed by atoms with Crippen LogP contribution in [0, 0.1) is 11.7 Å². The van der Waals surface area contributed by atoms with E-state index >= 15 is 4.39 Å². The number of pyridine rings is 1. The first kappa shape index (κ1) is 30.7. The number of carbonyl (C=O) groups is 2. The molecule has 0 unspecified atom stereocenters. The van der Waals surface area contributed by atoms with Gasteiger partial charge in [0.2, 0.25) is 17.2 Å². The van der Waals surface area contributed by atoms with E-state index in [9.17, 15) is 19.4 Å². The fraction of sp³-hybridized carbons (Fsp3) is 0.485. The van der Waals surface area contributed by atoms with E-state index in [1.165, 1.54) is 17.9 Å². The van der Waals surface area contributed by atoms with E-state index in [1.54, 1.807) is 12.3 Å². The predicted molar refractivity (Wildman–Crippen MR) is 173 cm³/mol. The summed E-state index contributed by atoms with van der Waals surface area (Å²) in [5.74, 6) is -0.550. The van der Waals surface area contributed by atoms with Crippen LogP contribution in [0.3, 0.4) is 0 Å². The molecule has 0 spiro atoms. The Labute approximate surface area is 267 Å². The predicted octanol–water partition coefficient (Wildman–Crippen LogP) is 1.77. The largest absolute Gasteiger partial charge is 0.495 e. The highest BCUT2D eigenvalue weighted by Crippen LogP contribution is 2.39. The van der Waals surface area contributed by atoms with Crippen molar-refractivity contribution >= 4 is 46.7 Å². The second-order valence-electron chi connectivity index (χ2n) is 12.7. The van der Waals surface area contributed by atoms with Crippen molar-refractivity contribution in [2.24, 2.45) is 5.92 Å². The van der Waals surface area contributed by atoms with Gasteiger partial charge in [-0.1, -0.05) is 12.1 Å². The third kappa shape index (κ3) is 5.99. The van der Waals surface area contributed by atoms with E-state index in [4.69, 9.17) is 9.39 Å². The minimum absolute atomic E-state index is 0.189. The zero-order valence-corrected chi connectivity index (χ0v) is 26.0. The van der Waals surface area contributed by atoms with Crippen molar-refractivity contribution in [3.8, 4) is 5.75 Å². The van der Waals surface area contributed by atoms with Gasteiger partial charge in [0.1, 0.15) is 17.3 Å². The molecule has 3 fully saturated rings. The number of aromatic nitrogens is 1. The highest BCUT2D eigenvalue weighted by Gasteiger charge is 2.36. The Morgan fingerprint density at radius 3 is 2.67 bits per heavy atom. The van der Waals surface area contributed by atoms with Crippen LogP contribution < -0.4 is 30.7 Å². The number of fused-ring (bicyclic) bond motifs is 2. The van der Waals surface area contributed by atoms with Gasteiger partial charge < -0.3 is 34.1 Å². The third-order valence-corrected chi connectivity index (χ3v) is 9.62. The lowest BCUT2D eigenvalue weighted by molar-refractivity contribution is -0.121. The molecule has 7 rings (SSSR count). The number of halogens is 1. The molecular weight excluding hydrogens is 592 g/mol. The zero-order valence-electron chi connectivity index (χ0n) is 26.0. The topological polar surface area (TPSA) is 117 Å². The van der Waals surface area contributed by atoms with Gasteiger partial charge >= 0.3 is 7.12 Å². The first-order valence-electron chi connectivity index (χ1n) is 16.2. The maximum Gasteiger partial charge on any atom is 0.495 e. The maximum atomic E-state index is 15.7. The molecule has 13 heteroatoms. The molecule has 1 aliphatic carbocycles. The van der Waals surface area contributed by atoms with Gasteiger partial charge in [-0.2, -0.15) is 0 Å². The lowest BCUT2D eigenvalue weighted by Gasteiger charge is -2.36. The molecule has 2 amide bonds. The Balaban J connectivity index is 1.01. The fourth-order valence-corrected chi connectivity index (χ4v) is 6.92. The van der Waals surface area contributed by atoms with Crippen LogP contribution >= 0.6 is 0 Å². The SMILES string of the molecule is CC(=O)NC[C@H]1CCN(c2cn(C3CC3)c3cc(N4CCN(CCCOc5cccc6c5B(O)OC6)CC4)c(F)cc3c2=O)C1=O. The Hall–Kier alpha value is -3.94. The van der Waals surface area contributed by atoms with Crippen molar-refractivity contribution in [2.75, 3.05) is 62.2 Å². The van der Waals surface area contributed by atoms with E-state index in [1.807, 2.05) is 27.7 Å². The van der Waals surface area contributed by atoms with Crippen molar-refractivity contribution in [1.82, 2.24) is 14.8 Å². The van der Waals surface area contributed by atoms with Crippen LogP contribution in [0.15, 0.2) is 41.3 Å². The molecule has 3 aliphatic heterocycles. The standard InChI is InChI=1S/C33H39BFN5O6/c1-21(41)36-18-22-8-10-39(33(22)43)29-19-40(24-6-7-24)27-17-28(26(35)16-25(27)32(29)42)38-13-11-37(12-14-38)9-3-15-45-30-5-2-4-23-20-46-34(44)31(23)30/h2,4-5,16-17,19,22,24,44H,3,6-15,18,20H2,1H3,(H,36,41)/t22-/m1/s1. The third-order valence-electron chi connectivity index (χ3n) is 9.62.